The van der Waals surface area contributed by atoms with Crippen LogP contribution in [0.1, 0.15) is 36.9 Å². The van der Waals surface area contributed by atoms with Crippen LogP contribution in [-0.2, 0) is 11.0 Å². The van der Waals surface area contributed by atoms with Crippen molar-refractivity contribution in [2.45, 2.75) is 32.0 Å². The number of alkyl halides is 3. The maximum absolute atomic E-state index is 12.5. The first-order valence-electron chi connectivity index (χ1n) is 5.85. The van der Waals surface area contributed by atoms with Gasteiger partial charge in [-0.25, -0.2) is 0 Å². The Labute approximate surface area is 103 Å². The van der Waals surface area contributed by atoms with Crippen LogP contribution in [0, 0.1) is 5.92 Å². The van der Waals surface area contributed by atoms with Crippen molar-refractivity contribution in [1.29, 1.82) is 0 Å². The smallest absolute Gasteiger partial charge is 0.349 e. The van der Waals surface area contributed by atoms with E-state index < -0.39 is 17.8 Å². The minimum atomic E-state index is -4.35. The normalized spacial score (nSPS) is 17.3. The van der Waals surface area contributed by atoms with E-state index in [0.717, 1.165) is 25.0 Å². The Morgan fingerprint density at radius 3 is 2.61 bits per heavy atom. The van der Waals surface area contributed by atoms with Crippen molar-refractivity contribution in [3.63, 3.8) is 0 Å². The molecule has 0 spiro atoms. The van der Waals surface area contributed by atoms with Crippen LogP contribution < -0.4 is 5.32 Å². The van der Waals surface area contributed by atoms with Crippen molar-refractivity contribution in [1.82, 2.24) is 5.32 Å². The number of hydrogen-bond donors (Lipinski definition) is 1. The summed E-state index contributed by atoms with van der Waals surface area (Å²) in [6, 6.07) is 4.65. The molecule has 0 saturated heterocycles. The number of rotatable bonds is 3. The second kappa shape index (κ2) is 4.63. The number of carbonyl (C=O) groups excluding carboxylic acids is 1. The third-order valence-corrected chi connectivity index (χ3v) is 3.02. The number of nitrogens with one attached hydrogen (secondary N) is 1. The minimum absolute atomic E-state index is 0.0539. The molecule has 1 fully saturated rings. The molecule has 1 aromatic rings. The molecule has 1 amide bonds. The van der Waals surface area contributed by atoms with Gasteiger partial charge in [-0.05, 0) is 37.5 Å². The molecule has 1 aliphatic carbocycles. The van der Waals surface area contributed by atoms with Gasteiger partial charge in [-0.2, -0.15) is 13.2 Å². The lowest BCUT2D eigenvalue weighted by Gasteiger charge is -2.16. The van der Waals surface area contributed by atoms with Crippen LogP contribution in [0.25, 0.3) is 0 Å². The number of benzene rings is 1. The lowest BCUT2D eigenvalue weighted by molar-refractivity contribution is -0.137. The highest BCUT2D eigenvalue weighted by Gasteiger charge is 2.32. The Bertz CT molecular complexity index is 452. The Kier molecular flexibility index (Phi) is 3.32. The molecule has 1 N–H and O–H groups in total. The van der Waals surface area contributed by atoms with Crippen LogP contribution in [0.5, 0.6) is 0 Å². The molecule has 98 valence electrons. The molecule has 1 atom stereocenters. The molecular weight excluding hydrogens is 243 g/mol. The third kappa shape index (κ3) is 3.03. The fraction of sp³-hybridized carbons (Fsp3) is 0.462. The van der Waals surface area contributed by atoms with Crippen LogP contribution in [0.2, 0.25) is 0 Å². The van der Waals surface area contributed by atoms with E-state index in [0.29, 0.717) is 5.56 Å². The van der Waals surface area contributed by atoms with Gasteiger partial charge in [0.05, 0.1) is 11.6 Å². The van der Waals surface area contributed by atoms with E-state index in [1.54, 1.807) is 13.0 Å². The number of halogens is 3. The molecule has 2 nitrogen and oxygen atoms in total. The van der Waals surface area contributed by atoms with Crippen molar-refractivity contribution in [2.75, 3.05) is 0 Å². The van der Waals surface area contributed by atoms with E-state index in [2.05, 4.69) is 5.32 Å². The molecule has 1 aromatic carbocycles. The van der Waals surface area contributed by atoms with Gasteiger partial charge in [0.1, 0.15) is 0 Å². The predicted octanol–water partition coefficient (Wildman–Crippen LogP) is 3.29. The Balaban J connectivity index is 2.09. The second-order valence-corrected chi connectivity index (χ2v) is 4.63. The highest BCUT2D eigenvalue weighted by Crippen LogP contribution is 2.32. The van der Waals surface area contributed by atoms with E-state index >= 15 is 0 Å². The quantitative estimate of drug-likeness (QED) is 0.884. The summed E-state index contributed by atoms with van der Waals surface area (Å²) >= 11 is 0. The van der Waals surface area contributed by atoms with Crippen LogP contribution in [-0.4, -0.2) is 5.91 Å². The van der Waals surface area contributed by atoms with Gasteiger partial charge in [0.25, 0.3) is 0 Å². The molecule has 0 heterocycles. The average Bonchev–Trinajstić information content (AvgIpc) is 3.11. The Morgan fingerprint density at radius 2 is 2.06 bits per heavy atom. The molecule has 18 heavy (non-hydrogen) atoms. The Morgan fingerprint density at radius 1 is 1.39 bits per heavy atom. The topological polar surface area (TPSA) is 29.1 Å². The number of hydrogen-bond acceptors (Lipinski definition) is 1. The number of amides is 1. The third-order valence-electron chi connectivity index (χ3n) is 3.02. The molecule has 1 saturated carbocycles. The van der Waals surface area contributed by atoms with E-state index in [1.807, 2.05) is 0 Å². The van der Waals surface area contributed by atoms with Crippen molar-refractivity contribution >= 4 is 5.91 Å². The van der Waals surface area contributed by atoms with Gasteiger partial charge in [0.2, 0.25) is 5.91 Å². The molecule has 0 aliphatic heterocycles. The first-order valence-corrected chi connectivity index (χ1v) is 5.85. The Hall–Kier alpha value is -1.52. The van der Waals surface area contributed by atoms with E-state index in [-0.39, 0.29) is 11.8 Å². The molecular formula is C13H14F3NO. The summed E-state index contributed by atoms with van der Waals surface area (Å²) in [6.45, 7) is 1.69. The highest BCUT2D eigenvalue weighted by molar-refractivity contribution is 5.81. The molecule has 1 aliphatic rings. The first-order chi connectivity index (χ1) is 8.38. The lowest BCUT2D eigenvalue weighted by Crippen LogP contribution is -2.28. The van der Waals surface area contributed by atoms with Crippen LogP contribution in [0.15, 0.2) is 24.3 Å². The van der Waals surface area contributed by atoms with Gasteiger partial charge in [0, 0.05) is 5.92 Å². The SMILES string of the molecule is C[C@H](NC(=O)C1CC1)c1cccc(C(F)(F)F)c1. The zero-order chi connectivity index (χ0) is 13.3. The summed E-state index contributed by atoms with van der Waals surface area (Å²) < 4.78 is 37.6. The molecule has 5 heteroatoms. The molecule has 0 unspecified atom stereocenters. The monoisotopic (exact) mass is 257 g/mol. The van der Waals surface area contributed by atoms with Gasteiger partial charge >= 0.3 is 6.18 Å². The summed E-state index contributed by atoms with van der Waals surface area (Å²) in [5, 5.41) is 2.73. The van der Waals surface area contributed by atoms with Crippen LogP contribution >= 0.6 is 0 Å². The minimum Gasteiger partial charge on any atom is -0.349 e. The maximum atomic E-state index is 12.5. The van der Waals surface area contributed by atoms with Crippen molar-refractivity contribution in [3.8, 4) is 0 Å². The molecule has 2 rings (SSSR count). The van der Waals surface area contributed by atoms with Crippen LogP contribution in [0.4, 0.5) is 13.2 Å². The maximum Gasteiger partial charge on any atom is 0.416 e. The lowest BCUT2D eigenvalue weighted by atomic mass is 10.0. The summed E-state index contributed by atoms with van der Waals surface area (Å²) in [5.41, 5.74) is -0.216. The largest absolute Gasteiger partial charge is 0.416 e. The predicted molar refractivity (Wildman–Crippen MR) is 60.7 cm³/mol. The number of carbonyl (C=O) groups is 1. The molecule has 0 bridgehead atoms. The standard InChI is InChI=1S/C13H14F3NO/c1-8(17-12(18)9-5-6-9)10-3-2-4-11(7-10)13(14,15)16/h2-4,7-9H,5-6H2,1H3,(H,17,18)/t8-/m0/s1. The summed E-state index contributed by atoms with van der Waals surface area (Å²) in [4.78, 5) is 11.5. The molecule has 0 aromatic heterocycles. The summed E-state index contributed by atoms with van der Waals surface area (Å²) in [5.74, 6) is -0.0156. The van der Waals surface area contributed by atoms with E-state index in [4.69, 9.17) is 0 Å². The van der Waals surface area contributed by atoms with Crippen LogP contribution in [0.3, 0.4) is 0 Å². The van der Waals surface area contributed by atoms with Crippen molar-refractivity contribution < 1.29 is 18.0 Å². The zero-order valence-corrected chi connectivity index (χ0v) is 9.92. The van der Waals surface area contributed by atoms with Gasteiger partial charge in [-0.1, -0.05) is 12.1 Å². The van der Waals surface area contributed by atoms with Gasteiger partial charge < -0.3 is 5.32 Å². The molecule has 0 radical (unpaired) electrons. The van der Waals surface area contributed by atoms with E-state index in [1.165, 1.54) is 6.07 Å². The summed E-state index contributed by atoms with van der Waals surface area (Å²) in [6.07, 6.45) is -2.60. The fourth-order valence-electron chi connectivity index (χ4n) is 1.74. The highest BCUT2D eigenvalue weighted by atomic mass is 19.4. The van der Waals surface area contributed by atoms with Crippen molar-refractivity contribution in [2.24, 2.45) is 5.92 Å². The zero-order valence-electron chi connectivity index (χ0n) is 9.92. The first kappa shape index (κ1) is 12.9. The average molecular weight is 257 g/mol. The van der Waals surface area contributed by atoms with Gasteiger partial charge in [-0.3, -0.25) is 4.79 Å². The fourth-order valence-corrected chi connectivity index (χ4v) is 1.74. The van der Waals surface area contributed by atoms with Gasteiger partial charge in [-0.15, -0.1) is 0 Å². The van der Waals surface area contributed by atoms with Gasteiger partial charge in [0.15, 0.2) is 0 Å². The summed E-state index contributed by atoms with van der Waals surface area (Å²) in [7, 11) is 0. The van der Waals surface area contributed by atoms with Crippen molar-refractivity contribution in [3.05, 3.63) is 35.4 Å². The van der Waals surface area contributed by atoms with E-state index in [9.17, 15) is 18.0 Å². The second-order valence-electron chi connectivity index (χ2n) is 4.63.